The van der Waals surface area contributed by atoms with Crippen molar-refractivity contribution in [2.24, 2.45) is 0 Å². The number of pyridine rings is 1. The van der Waals surface area contributed by atoms with Gasteiger partial charge in [0.25, 0.3) is 5.91 Å². The van der Waals surface area contributed by atoms with E-state index in [2.05, 4.69) is 20.4 Å². The zero-order valence-corrected chi connectivity index (χ0v) is 16.0. The molecule has 0 aliphatic rings. The number of benzene rings is 1. The van der Waals surface area contributed by atoms with E-state index in [1.807, 2.05) is 0 Å². The Bertz CT molecular complexity index is 1150. The smallest absolute Gasteiger partial charge is 0.307 e. The quantitative estimate of drug-likeness (QED) is 0.338. The first-order valence-corrected chi connectivity index (χ1v) is 8.66. The van der Waals surface area contributed by atoms with Gasteiger partial charge in [-0.25, -0.2) is 14.6 Å². The van der Waals surface area contributed by atoms with Crippen LogP contribution in [0.5, 0.6) is 0 Å². The molecule has 0 fully saturated rings. The first kappa shape index (κ1) is 22.9. The Morgan fingerprint density at radius 2 is 1.66 bits per heavy atom. The van der Waals surface area contributed by atoms with E-state index in [1.165, 1.54) is 19.1 Å². The molecule has 3 rings (SSSR count). The van der Waals surface area contributed by atoms with Crippen LogP contribution in [0.2, 0.25) is 0 Å². The van der Waals surface area contributed by atoms with Crippen LogP contribution in [0.3, 0.4) is 0 Å². The summed E-state index contributed by atoms with van der Waals surface area (Å²) in [6.45, 7) is 1.35. The SMILES string of the molecule is C/C(=C\n1cnc(-c2cc(C(F)(F)F)cc(C(F)(F)F)c2)n1)C(=O)Nc1cccc(F)n1. The Labute approximate surface area is 175 Å². The summed E-state index contributed by atoms with van der Waals surface area (Å²) >= 11 is 0. The summed E-state index contributed by atoms with van der Waals surface area (Å²) in [5, 5.41) is 6.13. The highest BCUT2D eigenvalue weighted by Gasteiger charge is 2.37. The molecule has 13 heteroatoms. The van der Waals surface area contributed by atoms with Gasteiger partial charge >= 0.3 is 12.4 Å². The number of nitrogens with zero attached hydrogens (tertiary/aromatic N) is 4. The second-order valence-corrected chi connectivity index (χ2v) is 6.45. The molecule has 168 valence electrons. The fraction of sp³-hybridized carbons (Fsp3) is 0.158. The molecule has 0 radical (unpaired) electrons. The van der Waals surface area contributed by atoms with Gasteiger partial charge in [0.15, 0.2) is 5.82 Å². The molecule has 6 nitrogen and oxygen atoms in total. The van der Waals surface area contributed by atoms with Crippen molar-refractivity contribution in [3.05, 3.63) is 65.4 Å². The summed E-state index contributed by atoms with van der Waals surface area (Å²) in [5.74, 6) is -1.99. The van der Waals surface area contributed by atoms with Gasteiger partial charge in [0.05, 0.1) is 11.1 Å². The van der Waals surface area contributed by atoms with E-state index in [9.17, 15) is 35.5 Å². The van der Waals surface area contributed by atoms with Crippen LogP contribution < -0.4 is 5.32 Å². The molecule has 0 unspecified atom stereocenters. The minimum absolute atomic E-state index is 0.00463. The zero-order valence-electron chi connectivity index (χ0n) is 16.0. The summed E-state index contributed by atoms with van der Waals surface area (Å²) in [7, 11) is 0. The molecule has 1 N–H and O–H groups in total. The number of amides is 1. The molecule has 0 spiro atoms. The molecule has 3 aromatic rings. The van der Waals surface area contributed by atoms with Crippen molar-refractivity contribution in [1.82, 2.24) is 19.7 Å². The molecule has 32 heavy (non-hydrogen) atoms. The maximum absolute atomic E-state index is 13.1. The van der Waals surface area contributed by atoms with Crippen molar-refractivity contribution in [2.45, 2.75) is 19.3 Å². The van der Waals surface area contributed by atoms with Crippen molar-refractivity contribution in [2.75, 3.05) is 5.32 Å². The fourth-order valence-corrected chi connectivity index (χ4v) is 2.50. The molecular formula is C19H12F7N5O. The number of carbonyl (C=O) groups excluding carboxylic acids is 1. The summed E-state index contributed by atoms with van der Waals surface area (Å²) in [5.41, 5.74) is -3.50. The second kappa shape index (κ2) is 8.40. The Hall–Kier alpha value is -3.77. The summed E-state index contributed by atoms with van der Waals surface area (Å²) < 4.78 is 92.2. The van der Waals surface area contributed by atoms with Crippen LogP contribution in [0.25, 0.3) is 17.6 Å². The predicted molar refractivity (Wildman–Crippen MR) is 98.2 cm³/mol. The van der Waals surface area contributed by atoms with Crippen molar-refractivity contribution in [3.63, 3.8) is 0 Å². The Kier molecular flexibility index (Phi) is 6.01. The molecule has 0 saturated heterocycles. The maximum atomic E-state index is 13.1. The number of hydrogen-bond donors (Lipinski definition) is 1. The number of nitrogens with one attached hydrogen (secondary N) is 1. The highest BCUT2D eigenvalue weighted by Crippen LogP contribution is 2.38. The van der Waals surface area contributed by atoms with Gasteiger partial charge in [0.1, 0.15) is 12.1 Å². The first-order chi connectivity index (χ1) is 14.8. The third kappa shape index (κ3) is 5.47. The fourth-order valence-electron chi connectivity index (χ4n) is 2.50. The first-order valence-electron chi connectivity index (χ1n) is 8.66. The van der Waals surface area contributed by atoms with Crippen LogP contribution in [0.4, 0.5) is 36.6 Å². The van der Waals surface area contributed by atoms with E-state index >= 15 is 0 Å². The van der Waals surface area contributed by atoms with Gasteiger partial charge in [-0.1, -0.05) is 6.07 Å². The van der Waals surface area contributed by atoms with E-state index in [4.69, 9.17) is 0 Å². The monoisotopic (exact) mass is 459 g/mol. The Balaban J connectivity index is 1.88. The number of anilines is 1. The molecular weight excluding hydrogens is 447 g/mol. The third-order valence-corrected chi connectivity index (χ3v) is 4.00. The molecule has 0 bridgehead atoms. The lowest BCUT2D eigenvalue weighted by atomic mass is 10.0. The average molecular weight is 459 g/mol. The van der Waals surface area contributed by atoms with Crippen molar-refractivity contribution in [1.29, 1.82) is 0 Å². The highest BCUT2D eigenvalue weighted by molar-refractivity contribution is 6.04. The molecule has 2 aromatic heterocycles. The molecule has 1 aromatic carbocycles. The van der Waals surface area contributed by atoms with Crippen molar-refractivity contribution in [3.8, 4) is 11.4 Å². The largest absolute Gasteiger partial charge is 0.416 e. The normalized spacial score (nSPS) is 12.7. The molecule has 0 aliphatic heterocycles. The van der Waals surface area contributed by atoms with Crippen LogP contribution in [0.15, 0.2) is 48.3 Å². The van der Waals surface area contributed by atoms with Crippen LogP contribution in [-0.2, 0) is 17.1 Å². The molecule has 1 amide bonds. The van der Waals surface area contributed by atoms with E-state index in [1.54, 1.807) is 0 Å². The minimum Gasteiger partial charge on any atom is -0.307 e. The standard InChI is InChI=1S/C19H12F7N5O/c1-10(17(32)29-15-4-2-3-14(20)28-15)8-31-9-27-16(30-31)11-5-12(18(21,22)23)7-13(6-11)19(24,25)26/h2-9H,1H3,(H,28,29,32)/b10-8+. The molecule has 2 heterocycles. The third-order valence-electron chi connectivity index (χ3n) is 4.00. The molecule has 0 aliphatic carbocycles. The number of carbonyl (C=O) groups is 1. The summed E-state index contributed by atoms with van der Waals surface area (Å²) in [4.78, 5) is 19.3. The number of aromatic nitrogens is 4. The Morgan fingerprint density at radius 3 is 2.22 bits per heavy atom. The summed E-state index contributed by atoms with van der Waals surface area (Å²) in [6.07, 6.45) is -7.90. The van der Waals surface area contributed by atoms with Crippen LogP contribution in [0, 0.1) is 5.95 Å². The molecule has 0 atom stereocenters. The van der Waals surface area contributed by atoms with Crippen LogP contribution in [0.1, 0.15) is 18.1 Å². The van der Waals surface area contributed by atoms with E-state index < -0.39 is 46.7 Å². The lowest BCUT2D eigenvalue weighted by molar-refractivity contribution is -0.143. The lowest BCUT2D eigenvalue weighted by Gasteiger charge is -2.13. The number of rotatable bonds is 4. The van der Waals surface area contributed by atoms with Gasteiger partial charge in [0, 0.05) is 17.3 Å². The van der Waals surface area contributed by atoms with E-state index in [0.717, 1.165) is 23.3 Å². The van der Waals surface area contributed by atoms with Gasteiger partial charge in [-0.05, 0) is 37.3 Å². The predicted octanol–water partition coefficient (Wildman–Crippen LogP) is 5.02. The topological polar surface area (TPSA) is 72.7 Å². The highest BCUT2D eigenvalue weighted by atomic mass is 19.4. The summed E-state index contributed by atoms with van der Waals surface area (Å²) in [6, 6.07) is 4.73. The minimum atomic E-state index is -5.02. The average Bonchev–Trinajstić information content (AvgIpc) is 3.15. The number of halogens is 7. The number of alkyl halides is 6. The maximum Gasteiger partial charge on any atom is 0.416 e. The van der Waals surface area contributed by atoms with Gasteiger partial charge in [-0.2, -0.15) is 30.7 Å². The van der Waals surface area contributed by atoms with Gasteiger partial charge in [-0.3, -0.25) is 4.79 Å². The lowest BCUT2D eigenvalue weighted by Crippen LogP contribution is -2.14. The Morgan fingerprint density at radius 1 is 1.03 bits per heavy atom. The molecule has 0 saturated carbocycles. The van der Waals surface area contributed by atoms with Crippen molar-refractivity contribution >= 4 is 17.9 Å². The van der Waals surface area contributed by atoms with Crippen LogP contribution >= 0.6 is 0 Å². The van der Waals surface area contributed by atoms with Gasteiger partial charge in [0.2, 0.25) is 5.95 Å². The zero-order chi connectivity index (χ0) is 23.7. The van der Waals surface area contributed by atoms with E-state index in [0.29, 0.717) is 12.1 Å². The number of hydrogen-bond acceptors (Lipinski definition) is 4. The van der Waals surface area contributed by atoms with Gasteiger partial charge in [-0.15, -0.1) is 5.10 Å². The second-order valence-electron chi connectivity index (χ2n) is 6.45. The van der Waals surface area contributed by atoms with E-state index in [-0.39, 0.29) is 17.5 Å². The van der Waals surface area contributed by atoms with Gasteiger partial charge < -0.3 is 5.32 Å². The van der Waals surface area contributed by atoms with Crippen LogP contribution in [-0.4, -0.2) is 25.7 Å². The van der Waals surface area contributed by atoms with Crippen molar-refractivity contribution < 1.29 is 35.5 Å².